The first-order chi connectivity index (χ1) is 12.6. The van der Waals surface area contributed by atoms with E-state index >= 15 is 0 Å². The number of rotatable bonds is 4. The van der Waals surface area contributed by atoms with Gasteiger partial charge in [0, 0.05) is 64.3 Å². The van der Waals surface area contributed by atoms with Crippen LogP contribution in [-0.4, -0.2) is 77.4 Å². The molecule has 2 aliphatic rings. The van der Waals surface area contributed by atoms with Crippen molar-refractivity contribution in [3.8, 4) is 0 Å². The van der Waals surface area contributed by atoms with E-state index in [1.165, 1.54) is 0 Å². The summed E-state index contributed by atoms with van der Waals surface area (Å²) in [6.07, 6.45) is 3.14. The van der Waals surface area contributed by atoms with Crippen LogP contribution in [0.3, 0.4) is 0 Å². The fourth-order valence-corrected chi connectivity index (χ4v) is 3.57. The van der Waals surface area contributed by atoms with Gasteiger partial charge in [-0.1, -0.05) is 0 Å². The van der Waals surface area contributed by atoms with Gasteiger partial charge in [0.1, 0.15) is 11.9 Å². The van der Waals surface area contributed by atoms with Crippen LogP contribution < -0.4 is 4.90 Å². The summed E-state index contributed by atoms with van der Waals surface area (Å²) in [6.45, 7) is 9.33. The molecule has 144 valence electrons. The summed E-state index contributed by atoms with van der Waals surface area (Å²) in [7, 11) is 0. The van der Waals surface area contributed by atoms with Crippen LogP contribution in [0.25, 0.3) is 0 Å². The van der Waals surface area contributed by atoms with Crippen molar-refractivity contribution in [3.05, 3.63) is 23.9 Å². The Morgan fingerprint density at radius 1 is 1.23 bits per heavy atom. The number of aromatic nitrogens is 1. The SMILES string of the molecule is CC(C)N1CCN(C(=O)OC2CCN(c3cc(CO)ccn3)CC2)CC1. The maximum Gasteiger partial charge on any atom is 0.410 e. The lowest BCUT2D eigenvalue weighted by Gasteiger charge is -2.38. The van der Waals surface area contributed by atoms with E-state index in [1.807, 2.05) is 17.0 Å². The Labute approximate surface area is 155 Å². The number of pyridine rings is 1. The van der Waals surface area contributed by atoms with Gasteiger partial charge >= 0.3 is 6.09 Å². The number of piperazine rings is 1. The number of aliphatic hydroxyl groups is 1. The van der Waals surface area contributed by atoms with E-state index in [1.54, 1.807) is 6.20 Å². The van der Waals surface area contributed by atoms with Crippen LogP contribution in [0.2, 0.25) is 0 Å². The molecular weight excluding hydrogens is 332 g/mol. The Balaban J connectivity index is 1.44. The highest BCUT2D eigenvalue weighted by Gasteiger charge is 2.28. The lowest BCUT2D eigenvalue weighted by Crippen LogP contribution is -2.51. The fraction of sp³-hybridized carbons (Fsp3) is 0.684. The average molecular weight is 362 g/mol. The molecule has 0 radical (unpaired) electrons. The second-order valence-electron chi connectivity index (χ2n) is 7.37. The Bertz CT molecular complexity index is 594. The summed E-state index contributed by atoms with van der Waals surface area (Å²) in [4.78, 5) is 23.2. The molecule has 0 aliphatic carbocycles. The van der Waals surface area contributed by atoms with Crippen LogP contribution in [0, 0.1) is 0 Å². The molecule has 7 heteroatoms. The molecule has 2 fully saturated rings. The van der Waals surface area contributed by atoms with E-state index in [4.69, 9.17) is 4.74 Å². The molecule has 0 saturated carbocycles. The minimum absolute atomic E-state index is 0.0215. The van der Waals surface area contributed by atoms with Crippen molar-refractivity contribution in [2.45, 2.75) is 45.4 Å². The number of nitrogens with zero attached hydrogens (tertiary/aromatic N) is 4. The third-order valence-electron chi connectivity index (χ3n) is 5.33. The first kappa shape index (κ1) is 18.9. The van der Waals surface area contributed by atoms with Crippen molar-refractivity contribution < 1.29 is 14.6 Å². The minimum Gasteiger partial charge on any atom is -0.446 e. The Morgan fingerprint density at radius 3 is 2.54 bits per heavy atom. The lowest BCUT2D eigenvalue weighted by molar-refractivity contribution is 0.0337. The predicted molar refractivity (Wildman–Crippen MR) is 100 cm³/mol. The van der Waals surface area contributed by atoms with E-state index in [9.17, 15) is 9.90 Å². The zero-order valence-corrected chi connectivity index (χ0v) is 15.8. The van der Waals surface area contributed by atoms with E-state index in [0.717, 1.165) is 63.5 Å². The number of hydrogen-bond donors (Lipinski definition) is 1. The Hall–Kier alpha value is -1.86. The molecule has 26 heavy (non-hydrogen) atoms. The average Bonchev–Trinajstić information content (AvgIpc) is 2.68. The molecule has 3 rings (SSSR count). The standard InChI is InChI=1S/C19H30N4O3/c1-15(2)21-9-11-23(12-10-21)19(25)26-17-4-7-22(8-5-17)18-13-16(14-24)3-6-20-18/h3,6,13,15,17,24H,4-5,7-12,14H2,1-2H3. The van der Waals surface area contributed by atoms with Gasteiger partial charge in [-0.05, 0) is 31.5 Å². The monoisotopic (exact) mass is 362 g/mol. The molecular formula is C19H30N4O3. The first-order valence-electron chi connectivity index (χ1n) is 9.57. The number of ether oxygens (including phenoxy) is 1. The molecule has 0 atom stereocenters. The van der Waals surface area contributed by atoms with E-state index in [-0.39, 0.29) is 18.8 Å². The topological polar surface area (TPSA) is 69.1 Å². The predicted octanol–water partition coefficient (Wildman–Crippen LogP) is 1.71. The second-order valence-corrected chi connectivity index (χ2v) is 7.37. The van der Waals surface area contributed by atoms with Gasteiger partial charge in [-0.2, -0.15) is 0 Å². The van der Waals surface area contributed by atoms with Crippen molar-refractivity contribution in [2.75, 3.05) is 44.2 Å². The van der Waals surface area contributed by atoms with Crippen LogP contribution in [0.1, 0.15) is 32.3 Å². The Kier molecular flexibility index (Phi) is 6.32. The zero-order chi connectivity index (χ0) is 18.5. The zero-order valence-electron chi connectivity index (χ0n) is 15.8. The molecule has 1 N–H and O–H groups in total. The number of aliphatic hydroxyl groups excluding tert-OH is 1. The number of piperidine rings is 1. The number of anilines is 1. The summed E-state index contributed by atoms with van der Waals surface area (Å²) >= 11 is 0. The molecule has 0 bridgehead atoms. The van der Waals surface area contributed by atoms with E-state index in [2.05, 4.69) is 28.6 Å². The van der Waals surface area contributed by atoms with Crippen molar-refractivity contribution in [1.82, 2.24) is 14.8 Å². The molecule has 0 aromatic carbocycles. The third-order valence-corrected chi connectivity index (χ3v) is 5.33. The first-order valence-corrected chi connectivity index (χ1v) is 9.57. The van der Waals surface area contributed by atoms with Crippen LogP contribution >= 0.6 is 0 Å². The molecule has 7 nitrogen and oxygen atoms in total. The van der Waals surface area contributed by atoms with Gasteiger partial charge < -0.3 is 19.6 Å². The molecule has 3 heterocycles. The highest BCUT2D eigenvalue weighted by Crippen LogP contribution is 2.21. The highest BCUT2D eigenvalue weighted by atomic mass is 16.6. The number of amides is 1. The van der Waals surface area contributed by atoms with Crippen LogP contribution in [-0.2, 0) is 11.3 Å². The molecule has 0 unspecified atom stereocenters. The number of hydrogen-bond acceptors (Lipinski definition) is 6. The summed E-state index contributed by atoms with van der Waals surface area (Å²) in [6, 6.07) is 4.26. The largest absolute Gasteiger partial charge is 0.446 e. The third kappa shape index (κ3) is 4.65. The van der Waals surface area contributed by atoms with Crippen molar-refractivity contribution in [1.29, 1.82) is 0 Å². The molecule has 2 aliphatic heterocycles. The van der Waals surface area contributed by atoms with Crippen LogP contribution in [0.5, 0.6) is 0 Å². The van der Waals surface area contributed by atoms with Crippen molar-refractivity contribution in [3.63, 3.8) is 0 Å². The van der Waals surface area contributed by atoms with Crippen LogP contribution in [0.15, 0.2) is 18.3 Å². The summed E-state index contributed by atoms with van der Waals surface area (Å²) in [5.74, 6) is 0.881. The summed E-state index contributed by atoms with van der Waals surface area (Å²) < 4.78 is 5.74. The smallest absolute Gasteiger partial charge is 0.410 e. The summed E-state index contributed by atoms with van der Waals surface area (Å²) in [5, 5.41) is 9.26. The van der Waals surface area contributed by atoms with Gasteiger partial charge in [0.2, 0.25) is 0 Å². The molecule has 2 saturated heterocycles. The maximum absolute atomic E-state index is 12.4. The molecule has 1 aromatic heterocycles. The van der Waals surface area contributed by atoms with Gasteiger partial charge in [-0.3, -0.25) is 4.90 Å². The van der Waals surface area contributed by atoms with Crippen molar-refractivity contribution in [2.24, 2.45) is 0 Å². The van der Waals surface area contributed by atoms with Gasteiger partial charge in [0.05, 0.1) is 6.61 Å². The summed E-state index contributed by atoms with van der Waals surface area (Å²) in [5.41, 5.74) is 0.865. The van der Waals surface area contributed by atoms with Gasteiger partial charge in [0.15, 0.2) is 0 Å². The van der Waals surface area contributed by atoms with Crippen LogP contribution in [0.4, 0.5) is 10.6 Å². The van der Waals surface area contributed by atoms with E-state index in [0.29, 0.717) is 6.04 Å². The fourth-order valence-electron chi connectivity index (χ4n) is 3.57. The van der Waals surface area contributed by atoms with E-state index < -0.39 is 0 Å². The number of carbonyl (C=O) groups excluding carboxylic acids is 1. The molecule has 0 spiro atoms. The van der Waals surface area contributed by atoms with Crippen molar-refractivity contribution >= 4 is 11.9 Å². The van der Waals surface area contributed by atoms with Gasteiger partial charge in [-0.15, -0.1) is 0 Å². The minimum atomic E-state index is -0.174. The van der Waals surface area contributed by atoms with Gasteiger partial charge in [0.25, 0.3) is 0 Å². The highest BCUT2D eigenvalue weighted by molar-refractivity contribution is 5.68. The quantitative estimate of drug-likeness (QED) is 0.879. The second kappa shape index (κ2) is 8.68. The molecule has 1 aromatic rings. The van der Waals surface area contributed by atoms with Gasteiger partial charge in [-0.25, -0.2) is 9.78 Å². The normalized spacial score (nSPS) is 19.8. The number of carbonyl (C=O) groups is 1. The molecule has 1 amide bonds. The lowest BCUT2D eigenvalue weighted by atomic mass is 10.1. The maximum atomic E-state index is 12.4. The Morgan fingerprint density at radius 2 is 1.92 bits per heavy atom.